The quantitative estimate of drug-likeness (QED) is 0.805. The van der Waals surface area contributed by atoms with E-state index in [0.29, 0.717) is 13.2 Å². The predicted octanol–water partition coefficient (Wildman–Crippen LogP) is 2.85. The second-order valence-corrected chi connectivity index (χ2v) is 6.10. The Hall–Kier alpha value is -1.10. The van der Waals surface area contributed by atoms with Crippen LogP contribution in [-0.4, -0.2) is 32.1 Å². The van der Waals surface area contributed by atoms with Gasteiger partial charge in [-0.15, -0.1) is 0 Å². The summed E-state index contributed by atoms with van der Waals surface area (Å²) < 4.78 is 16.9. The van der Waals surface area contributed by atoms with Crippen molar-refractivity contribution in [3.8, 4) is 0 Å². The number of rotatable bonds is 3. The van der Waals surface area contributed by atoms with Gasteiger partial charge in [0, 0.05) is 11.9 Å². The molecular formula is C16H19ClO4. The molecule has 0 spiro atoms. The third-order valence-electron chi connectivity index (χ3n) is 4.28. The molecule has 1 aromatic rings. The van der Waals surface area contributed by atoms with E-state index in [2.05, 4.69) is 0 Å². The predicted molar refractivity (Wildman–Crippen MR) is 78.4 cm³/mol. The zero-order chi connectivity index (χ0) is 14.9. The van der Waals surface area contributed by atoms with Crippen molar-refractivity contribution >= 4 is 17.6 Å². The highest BCUT2D eigenvalue weighted by molar-refractivity contribution is 6.30. The average molecular weight is 311 g/mol. The number of esters is 1. The molecule has 1 aliphatic heterocycles. The molecule has 0 radical (unpaired) electrons. The van der Waals surface area contributed by atoms with Gasteiger partial charge in [-0.2, -0.15) is 0 Å². The maximum absolute atomic E-state index is 11.3. The van der Waals surface area contributed by atoms with Gasteiger partial charge in [-0.25, -0.2) is 0 Å². The van der Waals surface area contributed by atoms with Crippen molar-refractivity contribution in [1.29, 1.82) is 0 Å². The second-order valence-electron chi connectivity index (χ2n) is 5.66. The smallest absolute Gasteiger partial charge is 0.302 e. The van der Waals surface area contributed by atoms with Crippen LogP contribution in [0.2, 0.25) is 5.02 Å². The van der Waals surface area contributed by atoms with Gasteiger partial charge in [0.05, 0.1) is 18.6 Å². The van der Waals surface area contributed by atoms with Crippen LogP contribution in [0.3, 0.4) is 0 Å². The number of aryl methyl sites for hydroxylation is 1. The molecule has 4 nitrogen and oxygen atoms in total. The highest BCUT2D eigenvalue weighted by Gasteiger charge is 2.47. The molecule has 2 aliphatic rings. The van der Waals surface area contributed by atoms with Crippen molar-refractivity contribution in [2.45, 2.75) is 37.9 Å². The number of hydrogen-bond acceptors (Lipinski definition) is 4. The maximum atomic E-state index is 11.3. The van der Waals surface area contributed by atoms with Crippen LogP contribution in [-0.2, 0) is 30.8 Å². The minimum absolute atomic E-state index is 0.279. The Bertz CT molecular complexity index is 539. The fourth-order valence-electron chi connectivity index (χ4n) is 3.35. The van der Waals surface area contributed by atoms with Gasteiger partial charge < -0.3 is 14.2 Å². The molecule has 1 atom stereocenters. The largest absolute Gasteiger partial charge is 0.465 e. The molecular weight excluding hydrogens is 292 g/mol. The minimum atomic E-state index is -0.430. The normalized spacial score (nSPS) is 25.6. The van der Waals surface area contributed by atoms with Gasteiger partial charge in [-0.1, -0.05) is 17.7 Å². The van der Waals surface area contributed by atoms with Crippen molar-refractivity contribution in [3.05, 3.63) is 34.3 Å². The summed E-state index contributed by atoms with van der Waals surface area (Å²) in [6.07, 6.45) is 2.49. The SMILES string of the molecule is CC(=O)OC[C@@]1(C2OCCO2)CCCc2cc(Cl)ccc21. The summed E-state index contributed by atoms with van der Waals surface area (Å²) in [6, 6.07) is 5.89. The van der Waals surface area contributed by atoms with Crippen LogP contribution in [0.15, 0.2) is 18.2 Å². The number of benzene rings is 1. The highest BCUT2D eigenvalue weighted by atomic mass is 35.5. The van der Waals surface area contributed by atoms with E-state index in [1.54, 1.807) is 0 Å². The van der Waals surface area contributed by atoms with Gasteiger partial charge in [0.2, 0.25) is 0 Å². The number of ether oxygens (including phenoxy) is 3. The van der Waals surface area contributed by atoms with Crippen LogP contribution in [0.5, 0.6) is 0 Å². The number of carbonyl (C=O) groups is 1. The topological polar surface area (TPSA) is 44.8 Å². The first-order chi connectivity index (χ1) is 10.1. The minimum Gasteiger partial charge on any atom is -0.465 e. The van der Waals surface area contributed by atoms with E-state index in [9.17, 15) is 4.79 Å². The fourth-order valence-corrected chi connectivity index (χ4v) is 3.55. The van der Waals surface area contributed by atoms with Gasteiger partial charge in [0.15, 0.2) is 6.29 Å². The van der Waals surface area contributed by atoms with Crippen molar-refractivity contribution in [1.82, 2.24) is 0 Å². The molecule has 0 amide bonds. The summed E-state index contributed by atoms with van der Waals surface area (Å²) in [6.45, 7) is 2.86. The van der Waals surface area contributed by atoms with Crippen LogP contribution in [0, 0.1) is 0 Å². The molecule has 0 saturated carbocycles. The lowest BCUT2D eigenvalue weighted by Crippen LogP contribution is -2.47. The first kappa shape index (κ1) is 14.8. The van der Waals surface area contributed by atoms with Crippen LogP contribution in [0.4, 0.5) is 0 Å². The van der Waals surface area contributed by atoms with Gasteiger partial charge >= 0.3 is 5.97 Å². The van der Waals surface area contributed by atoms with Crippen molar-refractivity contribution < 1.29 is 19.0 Å². The Labute approximate surface area is 129 Å². The zero-order valence-electron chi connectivity index (χ0n) is 12.1. The summed E-state index contributed by atoms with van der Waals surface area (Å²) in [5.74, 6) is -0.284. The summed E-state index contributed by atoms with van der Waals surface area (Å²) in [5, 5.41) is 0.727. The number of carbonyl (C=O) groups excluding carboxylic acids is 1. The van der Waals surface area contributed by atoms with Crippen LogP contribution < -0.4 is 0 Å². The van der Waals surface area contributed by atoms with Crippen LogP contribution in [0.1, 0.15) is 30.9 Å². The molecule has 114 valence electrons. The Balaban J connectivity index is 2.01. The van der Waals surface area contributed by atoms with Crippen molar-refractivity contribution in [3.63, 3.8) is 0 Å². The highest BCUT2D eigenvalue weighted by Crippen LogP contribution is 2.43. The van der Waals surface area contributed by atoms with Crippen molar-refractivity contribution in [2.75, 3.05) is 19.8 Å². The molecule has 21 heavy (non-hydrogen) atoms. The molecule has 0 aromatic heterocycles. The molecule has 0 unspecified atom stereocenters. The molecule has 0 bridgehead atoms. The Morgan fingerprint density at radius 1 is 1.43 bits per heavy atom. The third-order valence-corrected chi connectivity index (χ3v) is 4.51. The Morgan fingerprint density at radius 2 is 2.19 bits per heavy atom. The summed E-state index contributed by atoms with van der Waals surface area (Å²) >= 11 is 6.11. The molecule has 1 aromatic carbocycles. The standard InChI is InChI=1S/C16H19ClO4/c1-11(18)21-10-16(15-19-7-8-20-15)6-2-3-12-9-13(17)4-5-14(12)16/h4-5,9,15H,2-3,6-8,10H2,1H3/t16-/m0/s1. The lowest BCUT2D eigenvalue weighted by atomic mass is 9.69. The van der Waals surface area contributed by atoms with E-state index in [1.165, 1.54) is 12.5 Å². The van der Waals surface area contributed by atoms with Gasteiger partial charge in [-0.05, 0) is 42.5 Å². The van der Waals surface area contributed by atoms with E-state index >= 15 is 0 Å². The molecule has 3 rings (SSSR count). The van der Waals surface area contributed by atoms with E-state index in [-0.39, 0.29) is 18.9 Å². The summed E-state index contributed by atoms with van der Waals surface area (Å²) in [7, 11) is 0. The van der Waals surface area contributed by atoms with E-state index < -0.39 is 5.41 Å². The summed E-state index contributed by atoms with van der Waals surface area (Å²) in [5.41, 5.74) is 1.90. The first-order valence-corrected chi connectivity index (χ1v) is 7.65. The number of halogens is 1. The van der Waals surface area contributed by atoms with Crippen LogP contribution >= 0.6 is 11.6 Å². The van der Waals surface area contributed by atoms with E-state index in [4.69, 9.17) is 25.8 Å². The van der Waals surface area contributed by atoms with Gasteiger partial charge in [0.25, 0.3) is 0 Å². The fraction of sp³-hybridized carbons (Fsp3) is 0.562. The molecule has 1 heterocycles. The molecule has 0 N–H and O–H groups in total. The Morgan fingerprint density at radius 3 is 2.90 bits per heavy atom. The lowest BCUT2D eigenvalue weighted by Gasteiger charge is -2.41. The van der Waals surface area contributed by atoms with Gasteiger partial charge in [0.1, 0.15) is 6.61 Å². The lowest BCUT2D eigenvalue weighted by molar-refractivity contribution is -0.155. The van der Waals surface area contributed by atoms with E-state index in [0.717, 1.165) is 29.8 Å². The van der Waals surface area contributed by atoms with Crippen molar-refractivity contribution in [2.24, 2.45) is 0 Å². The van der Waals surface area contributed by atoms with Crippen LogP contribution in [0.25, 0.3) is 0 Å². The first-order valence-electron chi connectivity index (χ1n) is 7.27. The molecule has 1 aliphatic carbocycles. The second kappa shape index (κ2) is 5.95. The molecule has 1 saturated heterocycles. The molecule has 1 fully saturated rings. The van der Waals surface area contributed by atoms with Gasteiger partial charge in [-0.3, -0.25) is 4.79 Å². The molecule has 5 heteroatoms. The summed E-state index contributed by atoms with van der Waals surface area (Å²) in [4.78, 5) is 11.3. The number of fused-ring (bicyclic) bond motifs is 1. The third kappa shape index (κ3) is 2.80. The number of hydrogen-bond donors (Lipinski definition) is 0. The zero-order valence-corrected chi connectivity index (χ0v) is 12.8. The van der Waals surface area contributed by atoms with E-state index in [1.807, 2.05) is 18.2 Å². The monoisotopic (exact) mass is 310 g/mol. The Kier molecular flexibility index (Phi) is 4.20. The maximum Gasteiger partial charge on any atom is 0.302 e. The average Bonchev–Trinajstić information content (AvgIpc) is 2.99.